The second-order valence-corrected chi connectivity index (χ2v) is 8.13. The van der Waals surface area contributed by atoms with Crippen molar-refractivity contribution in [1.82, 2.24) is 4.98 Å². The van der Waals surface area contributed by atoms with Crippen LogP contribution < -0.4 is 15.0 Å². The largest absolute Gasteiger partial charge is 0.493 e. The summed E-state index contributed by atoms with van der Waals surface area (Å²) in [6.07, 6.45) is 0. The van der Waals surface area contributed by atoms with Gasteiger partial charge < -0.3 is 14.5 Å². The number of hydrogen-bond acceptors (Lipinski definition) is 4. The maximum absolute atomic E-state index is 13.3. The summed E-state index contributed by atoms with van der Waals surface area (Å²) in [7, 11) is 3.18. The number of methoxy groups -OCH3 is 2. The van der Waals surface area contributed by atoms with Gasteiger partial charge in [-0.05, 0) is 40.6 Å². The number of rotatable bonds is 5. The first-order chi connectivity index (χ1) is 14.0. The van der Waals surface area contributed by atoms with Gasteiger partial charge in [0.15, 0.2) is 11.5 Å². The summed E-state index contributed by atoms with van der Waals surface area (Å²) in [5.41, 5.74) is 4.34. The van der Waals surface area contributed by atoms with Gasteiger partial charge in [0.25, 0.3) is 5.56 Å². The summed E-state index contributed by atoms with van der Waals surface area (Å²) in [5, 5.41) is 2.91. The zero-order valence-corrected chi connectivity index (χ0v) is 17.7. The van der Waals surface area contributed by atoms with Gasteiger partial charge in [0.1, 0.15) is 0 Å². The van der Waals surface area contributed by atoms with Gasteiger partial charge in [-0.2, -0.15) is 0 Å². The summed E-state index contributed by atoms with van der Waals surface area (Å²) in [6.45, 7) is 4.34. The molecule has 4 nitrogen and oxygen atoms in total. The molecular weight excluding hydrogens is 382 g/mol. The zero-order valence-electron chi connectivity index (χ0n) is 16.9. The lowest BCUT2D eigenvalue weighted by Crippen LogP contribution is -2.11. The Balaban J connectivity index is 2.16. The van der Waals surface area contributed by atoms with E-state index in [0.29, 0.717) is 28.5 Å². The van der Waals surface area contributed by atoms with Crippen LogP contribution >= 0.6 is 11.3 Å². The topological polar surface area (TPSA) is 51.3 Å². The summed E-state index contributed by atoms with van der Waals surface area (Å²) in [5.74, 6) is 1.51. The number of H-pyrrole nitrogens is 1. The van der Waals surface area contributed by atoms with Gasteiger partial charge in [0, 0.05) is 15.8 Å². The normalized spacial score (nSPS) is 11.2. The van der Waals surface area contributed by atoms with Crippen molar-refractivity contribution in [3.8, 4) is 33.1 Å². The maximum Gasteiger partial charge on any atom is 0.257 e. The molecule has 2 aromatic carbocycles. The Morgan fingerprint density at radius 2 is 1.79 bits per heavy atom. The van der Waals surface area contributed by atoms with Crippen LogP contribution in [0.5, 0.6) is 11.5 Å². The van der Waals surface area contributed by atoms with Crippen molar-refractivity contribution in [3.05, 3.63) is 69.8 Å². The Morgan fingerprint density at radius 1 is 0.966 bits per heavy atom. The van der Waals surface area contributed by atoms with E-state index in [0.717, 1.165) is 21.4 Å². The number of aromatic nitrogens is 1. The number of nitrogens with one attached hydrogen (secondary N) is 1. The van der Waals surface area contributed by atoms with Crippen molar-refractivity contribution in [3.63, 3.8) is 0 Å². The van der Waals surface area contributed by atoms with E-state index < -0.39 is 0 Å². The monoisotopic (exact) mass is 405 g/mol. The SMILES string of the molecule is COc1ccc2c(-c3cccc(C(C)C)c3)c(-c3cccs3)c(=O)[nH]c2c1OC. The molecule has 0 amide bonds. The van der Waals surface area contributed by atoms with Crippen LogP contribution in [0.25, 0.3) is 32.5 Å². The molecule has 0 saturated carbocycles. The molecule has 0 radical (unpaired) electrons. The average molecular weight is 406 g/mol. The zero-order chi connectivity index (χ0) is 20.5. The summed E-state index contributed by atoms with van der Waals surface area (Å²) in [4.78, 5) is 17.2. The number of hydrogen-bond donors (Lipinski definition) is 1. The molecule has 0 unspecified atom stereocenters. The van der Waals surface area contributed by atoms with E-state index in [4.69, 9.17) is 9.47 Å². The van der Waals surface area contributed by atoms with Gasteiger partial charge in [-0.3, -0.25) is 4.79 Å². The van der Waals surface area contributed by atoms with Gasteiger partial charge in [-0.1, -0.05) is 44.2 Å². The molecule has 0 aliphatic heterocycles. The van der Waals surface area contributed by atoms with Crippen molar-refractivity contribution in [2.45, 2.75) is 19.8 Å². The fraction of sp³-hybridized carbons (Fsp3) is 0.208. The van der Waals surface area contributed by atoms with E-state index in [1.54, 1.807) is 25.6 Å². The van der Waals surface area contributed by atoms with Crippen molar-refractivity contribution in [2.24, 2.45) is 0 Å². The standard InChI is InChI=1S/C24H23NO3S/c1-14(2)15-7-5-8-16(13-15)20-17-10-11-18(27-3)23(28-4)22(17)25-24(26)21(20)19-9-6-12-29-19/h5-14H,1-4H3,(H,25,26). The lowest BCUT2D eigenvalue weighted by molar-refractivity contribution is 0.358. The van der Waals surface area contributed by atoms with E-state index in [2.05, 4.69) is 43.1 Å². The van der Waals surface area contributed by atoms with Crippen molar-refractivity contribution in [1.29, 1.82) is 0 Å². The number of benzene rings is 2. The van der Waals surface area contributed by atoms with Crippen LogP contribution in [0, 0.1) is 0 Å². The van der Waals surface area contributed by atoms with E-state index in [1.165, 1.54) is 5.56 Å². The second kappa shape index (κ2) is 7.76. The third kappa shape index (κ3) is 3.32. The van der Waals surface area contributed by atoms with Gasteiger partial charge in [0.05, 0.1) is 25.3 Å². The summed E-state index contributed by atoms with van der Waals surface area (Å²) >= 11 is 1.56. The molecule has 1 N–H and O–H groups in total. The maximum atomic E-state index is 13.3. The highest BCUT2D eigenvalue weighted by Crippen LogP contribution is 2.42. The number of aromatic amines is 1. The molecule has 0 aliphatic rings. The number of pyridine rings is 1. The van der Waals surface area contributed by atoms with Crippen LogP contribution in [-0.4, -0.2) is 19.2 Å². The fourth-order valence-electron chi connectivity index (χ4n) is 3.69. The first kappa shape index (κ1) is 19.3. The molecule has 0 fully saturated rings. The third-order valence-corrected chi connectivity index (χ3v) is 6.03. The molecule has 4 rings (SSSR count). The highest BCUT2D eigenvalue weighted by molar-refractivity contribution is 7.13. The molecule has 2 heterocycles. The van der Waals surface area contributed by atoms with Gasteiger partial charge in [0.2, 0.25) is 0 Å². The van der Waals surface area contributed by atoms with E-state index in [1.807, 2.05) is 29.6 Å². The van der Waals surface area contributed by atoms with Gasteiger partial charge in [-0.15, -0.1) is 11.3 Å². The second-order valence-electron chi connectivity index (χ2n) is 7.19. The molecule has 29 heavy (non-hydrogen) atoms. The summed E-state index contributed by atoms with van der Waals surface area (Å²) < 4.78 is 11.0. The highest BCUT2D eigenvalue weighted by atomic mass is 32.1. The van der Waals surface area contributed by atoms with Crippen LogP contribution in [0.3, 0.4) is 0 Å². The van der Waals surface area contributed by atoms with Crippen molar-refractivity contribution < 1.29 is 9.47 Å². The van der Waals surface area contributed by atoms with Crippen LogP contribution in [0.1, 0.15) is 25.3 Å². The third-order valence-electron chi connectivity index (χ3n) is 5.14. The molecule has 0 saturated heterocycles. The van der Waals surface area contributed by atoms with Gasteiger partial charge in [-0.25, -0.2) is 0 Å². The quantitative estimate of drug-likeness (QED) is 0.439. The predicted octanol–water partition coefficient (Wildman–Crippen LogP) is 6.06. The Hall–Kier alpha value is -3.05. The molecule has 2 aromatic heterocycles. The highest BCUT2D eigenvalue weighted by Gasteiger charge is 2.21. The molecular formula is C24H23NO3S. The minimum atomic E-state index is -0.142. The van der Waals surface area contributed by atoms with Crippen LogP contribution in [0.4, 0.5) is 0 Å². The van der Waals surface area contributed by atoms with Crippen LogP contribution in [0.15, 0.2) is 58.7 Å². The molecule has 0 aliphatic carbocycles. The van der Waals surface area contributed by atoms with E-state index in [-0.39, 0.29) is 5.56 Å². The molecule has 0 bridgehead atoms. The van der Waals surface area contributed by atoms with Gasteiger partial charge >= 0.3 is 0 Å². The Kier molecular flexibility index (Phi) is 5.16. The molecule has 0 atom stereocenters. The predicted molar refractivity (Wildman–Crippen MR) is 121 cm³/mol. The van der Waals surface area contributed by atoms with Crippen molar-refractivity contribution in [2.75, 3.05) is 14.2 Å². The lowest BCUT2D eigenvalue weighted by Gasteiger charge is -2.17. The Morgan fingerprint density at radius 3 is 2.45 bits per heavy atom. The Labute approximate surface area is 173 Å². The molecule has 148 valence electrons. The minimum absolute atomic E-state index is 0.142. The smallest absolute Gasteiger partial charge is 0.257 e. The minimum Gasteiger partial charge on any atom is -0.493 e. The fourth-order valence-corrected chi connectivity index (χ4v) is 4.47. The number of ether oxygens (including phenoxy) is 2. The lowest BCUT2D eigenvalue weighted by atomic mass is 9.92. The van der Waals surface area contributed by atoms with Crippen LogP contribution in [-0.2, 0) is 0 Å². The van der Waals surface area contributed by atoms with Crippen molar-refractivity contribution >= 4 is 22.2 Å². The first-order valence-corrected chi connectivity index (χ1v) is 10.4. The molecule has 4 aromatic rings. The average Bonchev–Trinajstić information content (AvgIpc) is 3.26. The first-order valence-electron chi connectivity index (χ1n) is 9.50. The summed E-state index contributed by atoms with van der Waals surface area (Å²) in [6, 6.07) is 16.2. The number of fused-ring (bicyclic) bond motifs is 1. The van der Waals surface area contributed by atoms with E-state index in [9.17, 15) is 4.79 Å². The van der Waals surface area contributed by atoms with Crippen LogP contribution in [0.2, 0.25) is 0 Å². The Bertz CT molecular complexity index is 1220. The molecule has 5 heteroatoms. The number of thiophene rings is 1. The van der Waals surface area contributed by atoms with E-state index >= 15 is 0 Å². The molecule has 0 spiro atoms.